The molecule has 1 aliphatic heterocycles. The third-order valence-corrected chi connectivity index (χ3v) is 6.75. The molecule has 4 aromatic rings. The average molecular weight is 471 g/mol. The van der Waals surface area contributed by atoms with Crippen LogP contribution in [0.15, 0.2) is 102 Å². The van der Waals surface area contributed by atoms with E-state index in [4.69, 9.17) is 11.6 Å². The average Bonchev–Trinajstić information content (AvgIpc) is 2.90. The first-order valence-corrected chi connectivity index (χ1v) is 12.0. The molecule has 1 saturated heterocycles. The molecule has 0 unspecified atom stereocenters. The zero-order valence-corrected chi connectivity index (χ0v) is 19.7. The Morgan fingerprint density at radius 3 is 1.85 bits per heavy atom. The minimum atomic E-state index is -0.253. The second-order valence-electron chi connectivity index (χ2n) is 8.54. The molecule has 0 saturated carbocycles. The molecule has 2 heterocycles. The van der Waals surface area contributed by atoms with Crippen LogP contribution in [-0.2, 0) is 6.54 Å². The van der Waals surface area contributed by atoms with E-state index in [0.29, 0.717) is 12.2 Å². The molecule has 6 heteroatoms. The molecule has 34 heavy (non-hydrogen) atoms. The van der Waals surface area contributed by atoms with E-state index in [1.165, 1.54) is 15.8 Å². The van der Waals surface area contributed by atoms with E-state index in [0.717, 1.165) is 31.7 Å². The van der Waals surface area contributed by atoms with Crippen molar-refractivity contribution in [1.82, 2.24) is 14.7 Å². The molecule has 5 rings (SSSR count). The lowest BCUT2D eigenvalue weighted by Crippen LogP contribution is -2.48. The SMILES string of the molecule is O=c1c(Cl)c(N2CCN(C(c3ccccc3)c3ccccc3)CC2)cnn1Cc1ccccc1. The van der Waals surface area contributed by atoms with E-state index >= 15 is 0 Å². The van der Waals surface area contributed by atoms with Crippen LogP contribution in [0.4, 0.5) is 5.69 Å². The van der Waals surface area contributed by atoms with Gasteiger partial charge in [-0.3, -0.25) is 9.69 Å². The summed E-state index contributed by atoms with van der Waals surface area (Å²) < 4.78 is 1.43. The summed E-state index contributed by atoms with van der Waals surface area (Å²) in [6.45, 7) is 3.68. The van der Waals surface area contributed by atoms with Crippen molar-refractivity contribution in [3.05, 3.63) is 129 Å². The molecule has 172 valence electrons. The van der Waals surface area contributed by atoms with Crippen molar-refractivity contribution >= 4 is 17.3 Å². The highest BCUT2D eigenvalue weighted by molar-refractivity contribution is 6.33. The Balaban J connectivity index is 1.33. The lowest BCUT2D eigenvalue weighted by molar-refractivity contribution is 0.212. The summed E-state index contributed by atoms with van der Waals surface area (Å²) in [5.74, 6) is 0. The van der Waals surface area contributed by atoms with E-state index in [9.17, 15) is 4.79 Å². The van der Waals surface area contributed by atoms with Crippen LogP contribution in [0.25, 0.3) is 0 Å². The van der Waals surface area contributed by atoms with Crippen LogP contribution in [0.1, 0.15) is 22.7 Å². The maximum atomic E-state index is 12.9. The smallest absolute Gasteiger partial charge is 0.287 e. The largest absolute Gasteiger partial charge is 0.366 e. The highest BCUT2D eigenvalue weighted by atomic mass is 35.5. The molecule has 0 N–H and O–H groups in total. The van der Waals surface area contributed by atoms with Crippen LogP contribution in [0, 0.1) is 0 Å². The molecule has 0 spiro atoms. The van der Waals surface area contributed by atoms with Crippen molar-refractivity contribution in [1.29, 1.82) is 0 Å². The Labute approximate surface area is 204 Å². The minimum Gasteiger partial charge on any atom is -0.366 e. The van der Waals surface area contributed by atoms with Gasteiger partial charge in [0.25, 0.3) is 5.56 Å². The maximum absolute atomic E-state index is 12.9. The molecule has 3 aromatic carbocycles. The van der Waals surface area contributed by atoms with Gasteiger partial charge in [0, 0.05) is 26.2 Å². The fourth-order valence-corrected chi connectivity index (χ4v) is 4.92. The standard InChI is InChI=1S/C28H27ClN4O/c29-26-25(20-30-33(28(26)34)21-22-10-4-1-5-11-22)31-16-18-32(19-17-31)27(23-12-6-2-7-13-23)24-14-8-3-9-15-24/h1-15,20,27H,16-19,21H2. The van der Waals surface area contributed by atoms with Gasteiger partial charge >= 0.3 is 0 Å². The Kier molecular flexibility index (Phi) is 6.74. The van der Waals surface area contributed by atoms with Gasteiger partial charge in [-0.2, -0.15) is 5.10 Å². The van der Waals surface area contributed by atoms with Crippen LogP contribution >= 0.6 is 11.6 Å². The van der Waals surface area contributed by atoms with Gasteiger partial charge in [0.15, 0.2) is 0 Å². The monoisotopic (exact) mass is 470 g/mol. The second-order valence-corrected chi connectivity index (χ2v) is 8.92. The first-order valence-electron chi connectivity index (χ1n) is 11.6. The number of nitrogens with zero attached hydrogens (tertiary/aromatic N) is 4. The molecular formula is C28H27ClN4O. The first-order chi connectivity index (χ1) is 16.7. The van der Waals surface area contributed by atoms with E-state index in [1.807, 2.05) is 30.3 Å². The van der Waals surface area contributed by atoms with Gasteiger partial charge in [-0.1, -0.05) is 103 Å². The molecule has 1 aliphatic rings. The molecule has 0 atom stereocenters. The summed E-state index contributed by atoms with van der Waals surface area (Å²) >= 11 is 6.56. The number of piperazine rings is 1. The van der Waals surface area contributed by atoms with Gasteiger partial charge in [-0.15, -0.1) is 0 Å². The van der Waals surface area contributed by atoms with Gasteiger partial charge in [0.2, 0.25) is 0 Å². The van der Waals surface area contributed by atoms with Crippen molar-refractivity contribution in [2.24, 2.45) is 0 Å². The van der Waals surface area contributed by atoms with Crippen LogP contribution in [0.2, 0.25) is 5.02 Å². The summed E-state index contributed by atoms with van der Waals surface area (Å²) in [7, 11) is 0. The zero-order valence-electron chi connectivity index (χ0n) is 18.9. The predicted octanol–water partition coefficient (Wildman–Crippen LogP) is 4.86. The molecule has 0 aliphatic carbocycles. The van der Waals surface area contributed by atoms with Crippen molar-refractivity contribution < 1.29 is 0 Å². The van der Waals surface area contributed by atoms with E-state index < -0.39 is 0 Å². The lowest BCUT2D eigenvalue weighted by atomic mass is 9.96. The van der Waals surface area contributed by atoms with Gasteiger partial charge in [-0.25, -0.2) is 4.68 Å². The predicted molar refractivity (Wildman–Crippen MR) is 138 cm³/mol. The van der Waals surface area contributed by atoms with Crippen LogP contribution in [0.3, 0.4) is 0 Å². The number of aromatic nitrogens is 2. The highest BCUT2D eigenvalue weighted by Crippen LogP contribution is 2.31. The molecule has 0 bridgehead atoms. The number of hydrogen-bond acceptors (Lipinski definition) is 4. The van der Waals surface area contributed by atoms with Crippen molar-refractivity contribution in [3.8, 4) is 0 Å². The fraction of sp³-hybridized carbons (Fsp3) is 0.214. The Bertz CT molecular complexity index is 1230. The summed E-state index contributed by atoms with van der Waals surface area (Å²) in [6.07, 6.45) is 1.73. The third-order valence-electron chi connectivity index (χ3n) is 6.39. The molecule has 1 aromatic heterocycles. The van der Waals surface area contributed by atoms with Crippen LogP contribution in [-0.4, -0.2) is 40.9 Å². The number of rotatable bonds is 6. The summed E-state index contributed by atoms with van der Waals surface area (Å²) in [5, 5.41) is 4.66. The molecular weight excluding hydrogens is 444 g/mol. The van der Waals surface area contributed by atoms with Crippen LogP contribution < -0.4 is 10.5 Å². The van der Waals surface area contributed by atoms with E-state index in [1.54, 1.807) is 6.20 Å². The quantitative estimate of drug-likeness (QED) is 0.403. The Hall–Kier alpha value is -3.41. The minimum absolute atomic E-state index is 0.192. The first kappa shape index (κ1) is 22.4. The Morgan fingerprint density at radius 1 is 0.765 bits per heavy atom. The van der Waals surface area contributed by atoms with E-state index in [2.05, 4.69) is 75.6 Å². The normalized spacial score (nSPS) is 14.5. The molecule has 5 nitrogen and oxygen atoms in total. The second kappa shape index (κ2) is 10.2. The van der Waals surface area contributed by atoms with Gasteiger partial charge < -0.3 is 4.90 Å². The number of hydrogen-bond donors (Lipinski definition) is 0. The Morgan fingerprint density at radius 2 is 1.29 bits per heavy atom. The zero-order chi connectivity index (χ0) is 23.3. The summed E-state index contributed by atoms with van der Waals surface area (Å²) in [6, 6.07) is 31.3. The highest BCUT2D eigenvalue weighted by Gasteiger charge is 2.27. The van der Waals surface area contributed by atoms with Crippen molar-refractivity contribution in [2.45, 2.75) is 12.6 Å². The lowest BCUT2D eigenvalue weighted by Gasteiger charge is -2.40. The number of halogens is 1. The van der Waals surface area contributed by atoms with E-state index in [-0.39, 0.29) is 16.6 Å². The van der Waals surface area contributed by atoms with Crippen molar-refractivity contribution in [3.63, 3.8) is 0 Å². The fourth-order valence-electron chi connectivity index (χ4n) is 4.65. The summed E-state index contributed by atoms with van der Waals surface area (Å²) in [5.41, 5.74) is 4.04. The van der Waals surface area contributed by atoms with Crippen molar-refractivity contribution in [2.75, 3.05) is 31.1 Å². The summed E-state index contributed by atoms with van der Waals surface area (Å²) in [4.78, 5) is 17.6. The molecule has 0 amide bonds. The molecule has 1 fully saturated rings. The number of anilines is 1. The van der Waals surface area contributed by atoms with Gasteiger partial charge in [-0.05, 0) is 16.7 Å². The number of benzene rings is 3. The van der Waals surface area contributed by atoms with Gasteiger partial charge in [0.1, 0.15) is 5.02 Å². The topological polar surface area (TPSA) is 41.4 Å². The maximum Gasteiger partial charge on any atom is 0.287 e. The van der Waals surface area contributed by atoms with Gasteiger partial charge in [0.05, 0.1) is 24.5 Å². The van der Waals surface area contributed by atoms with Crippen LogP contribution in [0.5, 0.6) is 0 Å². The molecule has 0 radical (unpaired) electrons. The third kappa shape index (κ3) is 4.76.